The largest absolute Gasteiger partial charge is 0.314 e. The van der Waals surface area contributed by atoms with E-state index >= 15 is 0 Å². The van der Waals surface area contributed by atoms with Gasteiger partial charge in [-0.2, -0.15) is 0 Å². The number of nitrogens with zero attached hydrogens (tertiary/aromatic N) is 1. The third-order valence-electron chi connectivity index (χ3n) is 3.93. The highest BCUT2D eigenvalue weighted by Gasteiger charge is 2.36. The minimum atomic E-state index is -0.438. The van der Waals surface area contributed by atoms with E-state index in [4.69, 9.17) is 0 Å². The van der Waals surface area contributed by atoms with Crippen LogP contribution in [0.5, 0.6) is 0 Å². The molecule has 0 saturated carbocycles. The second-order valence-electron chi connectivity index (χ2n) is 6.65. The lowest BCUT2D eigenvalue weighted by Crippen LogP contribution is -2.48. The maximum absolute atomic E-state index is 14.5. The zero-order valence-electron chi connectivity index (χ0n) is 13.6. The topological polar surface area (TPSA) is 15.3 Å². The van der Waals surface area contributed by atoms with Gasteiger partial charge in [0.25, 0.3) is 0 Å². The molecule has 2 rings (SSSR count). The molecule has 1 saturated heterocycles. The summed E-state index contributed by atoms with van der Waals surface area (Å²) >= 11 is 0. The quantitative estimate of drug-likeness (QED) is 0.859. The molecule has 0 bridgehead atoms. The number of hydrogen-bond acceptors (Lipinski definition) is 2. The summed E-state index contributed by atoms with van der Waals surface area (Å²) in [6.07, 6.45) is 0. The minimum Gasteiger partial charge on any atom is -0.314 e. The number of benzene rings is 1. The molecule has 0 unspecified atom stereocenters. The lowest BCUT2D eigenvalue weighted by atomic mass is 9.80. The third kappa shape index (κ3) is 4.54. The molecule has 128 valence electrons. The molecular formula is C16H26Cl2F2N2. The van der Waals surface area contributed by atoms with E-state index in [1.165, 1.54) is 12.1 Å². The monoisotopic (exact) mass is 354 g/mol. The van der Waals surface area contributed by atoms with Crippen LogP contribution < -0.4 is 5.32 Å². The van der Waals surface area contributed by atoms with Crippen molar-refractivity contribution in [2.45, 2.75) is 33.7 Å². The van der Waals surface area contributed by atoms with Crippen molar-refractivity contribution in [1.29, 1.82) is 0 Å². The van der Waals surface area contributed by atoms with Crippen LogP contribution in [0.3, 0.4) is 0 Å². The van der Waals surface area contributed by atoms with Gasteiger partial charge in [0.05, 0.1) is 0 Å². The first-order valence-electron chi connectivity index (χ1n) is 7.21. The summed E-state index contributed by atoms with van der Waals surface area (Å²) in [6.45, 7) is 11.2. The Morgan fingerprint density at radius 1 is 1.09 bits per heavy atom. The van der Waals surface area contributed by atoms with E-state index < -0.39 is 11.6 Å². The zero-order chi connectivity index (χ0) is 14.9. The number of aryl methyl sites for hydroxylation is 1. The van der Waals surface area contributed by atoms with Crippen molar-refractivity contribution in [2.24, 2.45) is 5.41 Å². The summed E-state index contributed by atoms with van der Waals surface area (Å²) in [5, 5.41) is 3.28. The summed E-state index contributed by atoms with van der Waals surface area (Å²) in [5.41, 5.74) is 0.498. The smallest absolute Gasteiger partial charge is 0.133 e. The molecule has 0 radical (unpaired) electrons. The van der Waals surface area contributed by atoms with Crippen molar-refractivity contribution in [3.05, 3.63) is 34.9 Å². The standard InChI is InChI=1S/C16H24F2N2.2ClH/c1-11-5-6-12(17)13(14(11)18)15(16(2,3)4)20-9-7-19-8-10-20;;/h5-6,15,19H,7-10H2,1-4H3;2*1H/t15-;;/m0../s1. The van der Waals surface area contributed by atoms with Crippen molar-refractivity contribution in [3.63, 3.8) is 0 Å². The predicted molar refractivity (Wildman–Crippen MR) is 92.2 cm³/mol. The van der Waals surface area contributed by atoms with Crippen molar-refractivity contribution in [2.75, 3.05) is 26.2 Å². The highest BCUT2D eigenvalue weighted by atomic mass is 35.5. The van der Waals surface area contributed by atoms with Gasteiger partial charge in [0, 0.05) is 37.8 Å². The van der Waals surface area contributed by atoms with E-state index in [9.17, 15) is 8.78 Å². The van der Waals surface area contributed by atoms with Gasteiger partial charge in [-0.1, -0.05) is 26.8 Å². The molecule has 0 amide bonds. The van der Waals surface area contributed by atoms with Gasteiger partial charge in [0.1, 0.15) is 11.6 Å². The van der Waals surface area contributed by atoms with Crippen LogP contribution in [0.4, 0.5) is 8.78 Å². The van der Waals surface area contributed by atoms with Gasteiger partial charge in [-0.3, -0.25) is 4.90 Å². The molecule has 1 aliphatic rings. The Morgan fingerprint density at radius 3 is 2.14 bits per heavy atom. The normalized spacial score (nSPS) is 17.4. The maximum atomic E-state index is 14.5. The van der Waals surface area contributed by atoms with Gasteiger partial charge < -0.3 is 5.32 Å². The summed E-state index contributed by atoms with van der Waals surface area (Å²) in [4.78, 5) is 2.19. The molecule has 1 aromatic rings. The Kier molecular flexibility index (Phi) is 8.28. The molecule has 0 spiro atoms. The number of nitrogens with one attached hydrogen (secondary N) is 1. The molecule has 1 aromatic carbocycles. The van der Waals surface area contributed by atoms with Crippen molar-refractivity contribution in [1.82, 2.24) is 10.2 Å². The molecule has 6 heteroatoms. The Bertz CT molecular complexity index is 484. The van der Waals surface area contributed by atoms with Crippen LogP contribution in [0.15, 0.2) is 12.1 Å². The van der Waals surface area contributed by atoms with Crippen LogP contribution >= 0.6 is 24.8 Å². The molecule has 1 aliphatic heterocycles. The van der Waals surface area contributed by atoms with E-state index in [1.807, 2.05) is 20.8 Å². The predicted octanol–water partition coefficient (Wildman–Crippen LogP) is 4.11. The van der Waals surface area contributed by atoms with Crippen molar-refractivity contribution in [3.8, 4) is 0 Å². The fourth-order valence-electron chi connectivity index (χ4n) is 3.03. The molecule has 1 fully saturated rings. The summed E-state index contributed by atoms with van der Waals surface area (Å²) < 4.78 is 28.8. The first-order chi connectivity index (χ1) is 9.32. The second-order valence-corrected chi connectivity index (χ2v) is 6.65. The van der Waals surface area contributed by atoms with Crippen LogP contribution in [0, 0.1) is 24.0 Å². The maximum Gasteiger partial charge on any atom is 0.133 e. The van der Waals surface area contributed by atoms with Crippen LogP contribution in [-0.2, 0) is 0 Å². The van der Waals surface area contributed by atoms with Crippen LogP contribution in [0.2, 0.25) is 0 Å². The highest BCUT2D eigenvalue weighted by molar-refractivity contribution is 5.85. The first kappa shape index (κ1) is 21.6. The second kappa shape index (κ2) is 8.44. The summed E-state index contributed by atoms with van der Waals surface area (Å²) in [6, 6.07) is 2.64. The molecule has 0 aliphatic carbocycles. The SMILES string of the molecule is Cc1ccc(F)c([C@H](N2CCNCC2)C(C)(C)C)c1F.Cl.Cl. The van der Waals surface area contributed by atoms with E-state index in [-0.39, 0.29) is 41.8 Å². The van der Waals surface area contributed by atoms with Gasteiger partial charge in [-0.05, 0) is 24.0 Å². The van der Waals surface area contributed by atoms with E-state index in [0.29, 0.717) is 5.56 Å². The average molecular weight is 355 g/mol. The highest BCUT2D eigenvalue weighted by Crippen LogP contribution is 2.40. The number of rotatable bonds is 2. The Morgan fingerprint density at radius 2 is 1.64 bits per heavy atom. The number of halogens is 4. The lowest BCUT2D eigenvalue weighted by molar-refractivity contribution is 0.0803. The van der Waals surface area contributed by atoms with Crippen LogP contribution in [0.25, 0.3) is 0 Å². The number of hydrogen-bond donors (Lipinski definition) is 1. The van der Waals surface area contributed by atoms with Crippen LogP contribution in [-0.4, -0.2) is 31.1 Å². The molecular weight excluding hydrogens is 329 g/mol. The Hall–Kier alpha value is -0.420. The van der Waals surface area contributed by atoms with Gasteiger partial charge >= 0.3 is 0 Å². The zero-order valence-corrected chi connectivity index (χ0v) is 15.2. The first-order valence-corrected chi connectivity index (χ1v) is 7.21. The molecule has 1 heterocycles. The Labute approximate surface area is 144 Å². The molecule has 1 atom stereocenters. The van der Waals surface area contributed by atoms with E-state index in [0.717, 1.165) is 26.2 Å². The van der Waals surface area contributed by atoms with Crippen molar-refractivity contribution < 1.29 is 8.78 Å². The molecule has 2 nitrogen and oxygen atoms in total. The third-order valence-corrected chi connectivity index (χ3v) is 3.93. The lowest BCUT2D eigenvalue weighted by Gasteiger charge is -2.42. The summed E-state index contributed by atoms with van der Waals surface area (Å²) in [5.74, 6) is -0.838. The minimum absolute atomic E-state index is 0. The van der Waals surface area contributed by atoms with Gasteiger partial charge in [0.15, 0.2) is 0 Å². The van der Waals surface area contributed by atoms with Gasteiger partial charge in [-0.25, -0.2) is 8.78 Å². The molecule has 1 N–H and O–H groups in total. The summed E-state index contributed by atoms with van der Waals surface area (Å²) in [7, 11) is 0. The fourth-order valence-corrected chi connectivity index (χ4v) is 3.03. The average Bonchev–Trinajstić information content (AvgIpc) is 2.39. The van der Waals surface area contributed by atoms with Crippen molar-refractivity contribution >= 4 is 24.8 Å². The molecule has 0 aromatic heterocycles. The fraction of sp³-hybridized carbons (Fsp3) is 0.625. The van der Waals surface area contributed by atoms with Crippen LogP contribution in [0.1, 0.15) is 37.9 Å². The van der Waals surface area contributed by atoms with E-state index in [1.54, 1.807) is 6.92 Å². The number of piperazine rings is 1. The molecule has 22 heavy (non-hydrogen) atoms. The van der Waals surface area contributed by atoms with Gasteiger partial charge in [0.2, 0.25) is 0 Å². The van der Waals surface area contributed by atoms with E-state index in [2.05, 4.69) is 10.2 Å². The van der Waals surface area contributed by atoms with Gasteiger partial charge in [-0.15, -0.1) is 24.8 Å². The Balaban J connectivity index is 0.00000220.